The summed E-state index contributed by atoms with van der Waals surface area (Å²) in [5.41, 5.74) is 0. The highest BCUT2D eigenvalue weighted by atomic mass is 35.5. The minimum absolute atomic E-state index is 0.0509. The summed E-state index contributed by atoms with van der Waals surface area (Å²) in [4.78, 5) is 26.8. The van der Waals surface area contributed by atoms with Gasteiger partial charge in [-0.05, 0) is 50.8 Å². The number of hydrogen-bond donors (Lipinski definition) is 1. The number of amides is 2. The number of likely N-dealkylation sites (tertiary alicyclic amines) is 1. The number of nitrogens with zero attached hydrogens (tertiary/aromatic N) is 1. The Bertz CT molecular complexity index is 657. The number of hydrogen-bond acceptors (Lipinski definition) is 3. The van der Waals surface area contributed by atoms with Crippen molar-refractivity contribution in [2.45, 2.75) is 58.6 Å². The second-order valence-corrected chi connectivity index (χ2v) is 7.80. The fourth-order valence-corrected chi connectivity index (χ4v) is 3.73. The normalized spacial score (nSPS) is 16.3. The first-order valence-corrected chi connectivity index (χ1v) is 10.3. The summed E-state index contributed by atoms with van der Waals surface area (Å²) in [6.07, 6.45) is 2.58. The highest BCUT2D eigenvalue weighted by Crippen LogP contribution is 2.28. The van der Waals surface area contributed by atoms with Gasteiger partial charge in [0.2, 0.25) is 5.91 Å². The van der Waals surface area contributed by atoms with Crippen LogP contribution < -0.4 is 10.1 Å². The molecular formula is C20H28Cl2N2O3. The van der Waals surface area contributed by atoms with Gasteiger partial charge in [0.05, 0.1) is 5.02 Å². The minimum Gasteiger partial charge on any atom is -0.479 e. The number of benzene rings is 1. The zero-order valence-electron chi connectivity index (χ0n) is 16.1. The van der Waals surface area contributed by atoms with E-state index in [0.717, 1.165) is 25.7 Å². The predicted octanol–water partition coefficient (Wildman–Crippen LogP) is 4.30. The Balaban J connectivity index is 1.82. The van der Waals surface area contributed by atoms with E-state index in [0.29, 0.717) is 28.9 Å². The zero-order valence-corrected chi connectivity index (χ0v) is 17.6. The Morgan fingerprint density at radius 1 is 1.22 bits per heavy atom. The third-order valence-corrected chi connectivity index (χ3v) is 5.59. The standard InChI is InChI=1S/C20H28Cl2N2O3/c1-4-14(5-2)20(26)24-10-8-16(9-11-24)23-19(25)13(3)27-18-7-6-15(21)12-17(18)22/h6-7,12-14,16H,4-5,8-11H2,1-3H3,(H,23,25). The third-order valence-electron chi connectivity index (χ3n) is 5.05. The fraction of sp³-hybridized carbons (Fsp3) is 0.600. The molecule has 0 aliphatic carbocycles. The van der Waals surface area contributed by atoms with Crippen molar-refractivity contribution in [1.82, 2.24) is 10.2 Å². The molecule has 1 saturated heterocycles. The monoisotopic (exact) mass is 414 g/mol. The van der Waals surface area contributed by atoms with E-state index >= 15 is 0 Å². The van der Waals surface area contributed by atoms with Crippen molar-refractivity contribution < 1.29 is 14.3 Å². The topological polar surface area (TPSA) is 58.6 Å². The van der Waals surface area contributed by atoms with Crippen LogP contribution in [0.15, 0.2) is 18.2 Å². The molecule has 1 aromatic rings. The second kappa shape index (κ2) is 10.2. The fourth-order valence-electron chi connectivity index (χ4n) is 3.27. The maximum Gasteiger partial charge on any atom is 0.260 e. The Hall–Kier alpha value is -1.46. The second-order valence-electron chi connectivity index (χ2n) is 6.96. The van der Waals surface area contributed by atoms with Gasteiger partial charge in [0.15, 0.2) is 6.10 Å². The molecule has 1 aromatic carbocycles. The molecule has 0 bridgehead atoms. The maximum atomic E-state index is 12.5. The molecule has 0 spiro atoms. The molecule has 2 rings (SSSR count). The molecule has 0 aromatic heterocycles. The van der Waals surface area contributed by atoms with E-state index in [-0.39, 0.29) is 23.8 Å². The van der Waals surface area contributed by atoms with Crippen LogP contribution >= 0.6 is 23.2 Å². The number of piperidine rings is 1. The van der Waals surface area contributed by atoms with Crippen LogP contribution in [0.5, 0.6) is 5.75 Å². The number of nitrogens with one attached hydrogen (secondary N) is 1. The van der Waals surface area contributed by atoms with Crippen molar-refractivity contribution >= 4 is 35.0 Å². The van der Waals surface area contributed by atoms with Gasteiger partial charge < -0.3 is 15.0 Å². The van der Waals surface area contributed by atoms with E-state index < -0.39 is 6.10 Å². The first-order chi connectivity index (χ1) is 12.8. The van der Waals surface area contributed by atoms with Crippen molar-refractivity contribution in [3.63, 3.8) is 0 Å². The molecule has 7 heteroatoms. The summed E-state index contributed by atoms with van der Waals surface area (Å²) in [6, 6.07) is 4.95. The van der Waals surface area contributed by atoms with Crippen LogP contribution in [0, 0.1) is 5.92 Å². The summed E-state index contributed by atoms with van der Waals surface area (Å²) >= 11 is 12.0. The van der Waals surface area contributed by atoms with E-state index in [1.165, 1.54) is 0 Å². The molecule has 1 fully saturated rings. The molecule has 1 aliphatic rings. The van der Waals surface area contributed by atoms with Gasteiger partial charge in [0, 0.05) is 30.1 Å². The van der Waals surface area contributed by atoms with Gasteiger partial charge in [-0.1, -0.05) is 37.0 Å². The van der Waals surface area contributed by atoms with Gasteiger partial charge in [-0.15, -0.1) is 0 Å². The first kappa shape index (κ1) is 21.8. The van der Waals surface area contributed by atoms with E-state index in [2.05, 4.69) is 5.32 Å². The van der Waals surface area contributed by atoms with Gasteiger partial charge >= 0.3 is 0 Å². The zero-order chi connectivity index (χ0) is 20.0. The Kier molecular flexibility index (Phi) is 8.24. The molecule has 1 atom stereocenters. The molecule has 1 unspecified atom stereocenters. The van der Waals surface area contributed by atoms with Gasteiger partial charge in [0.25, 0.3) is 5.91 Å². The van der Waals surface area contributed by atoms with Crippen LogP contribution in [0.25, 0.3) is 0 Å². The van der Waals surface area contributed by atoms with Crippen LogP contribution in [0.3, 0.4) is 0 Å². The molecule has 0 radical (unpaired) electrons. The number of rotatable bonds is 7. The number of carbonyl (C=O) groups is 2. The Morgan fingerprint density at radius 3 is 2.41 bits per heavy atom. The molecular weight excluding hydrogens is 387 g/mol. The van der Waals surface area contributed by atoms with E-state index in [9.17, 15) is 9.59 Å². The number of ether oxygens (including phenoxy) is 1. The Morgan fingerprint density at radius 2 is 1.85 bits per heavy atom. The largest absolute Gasteiger partial charge is 0.479 e. The highest BCUT2D eigenvalue weighted by molar-refractivity contribution is 6.35. The van der Waals surface area contributed by atoms with Crippen LogP contribution in [0.1, 0.15) is 46.5 Å². The van der Waals surface area contributed by atoms with Crippen LogP contribution in [-0.4, -0.2) is 41.9 Å². The lowest BCUT2D eigenvalue weighted by Gasteiger charge is -2.34. The molecule has 1 aliphatic heterocycles. The summed E-state index contributed by atoms with van der Waals surface area (Å²) in [7, 11) is 0. The predicted molar refractivity (Wildman–Crippen MR) is 108 cm³/mol. The maximum absolute atomic E-state index is 12.5. The molecule has 150 valence electrons. The molecule has 27 heavy (non-hydrogen) atoms. The van der Waals surface area contributed by atoms with Gasteiger partial charge in [-0.25, -0.2) is 0 Å². The number of carbonyl (C=O) groups excluding carboxylic acids is 2. The average Bonchev–Trinajstić information content (AvgIpc) is 2.65. The summed E-state index contributed by atoms with van der Waals surface area (Å²) in [5, 5.41) is 3.90. The van der Waals surface area contributed by atoms with Gasteiger partial charge in [-0.3, -0.25) is 9.59 Å². The number of halogens is 2. The molecule has 2 amide bonds. The summed E-state index contributed by atoms with van der Waals surface area (Å²) < 4.78 is 5.66. The van der Waals surface area contributed by atoms with E-state index in [1.54, 1.807) is 25.1 Å². The van der Waals surface area contributed by atoms with Crippen LogP contribution in [-0.2, 0) is 9.59 Å². The van der Waals surface area contributed by atoms with E-state index in [1.807, 2.05) is 18.7 Å². The summed E-state index contributed by atoms with van der Waals surface area (Å²) in [5.74, 6) is 0.577. The quantitative estimate of drug-likeness (QED) is 0.722. The molecule has 5 nitrogen and oxygen atoms in total. The lowest BCUT2D eigenvalue weighted by atomic mass is 9.98. The molecule has 1 N–H and O–H groups in total. The SMILES string of the molecule is CCC(CC)C(=O)N1CCC(NC(=O)C(C)Oc2ccc(Cl)cc2Cl)CC1. The Labute approximate surface area is 171 Å². The summed E-state index contributed by atoms with van der Waals surface area (Å²) in [6.45, 7) is 7.14. The van der Waals surface area contributed by atoms with Crippen LogP contribution in [0.4, 0.5) is 0 Å². The first-order valence-electron chi connectivity index (χ1n) is 9.56. The minimum atomic E-state index is -0.673. The highest BCUT2D eigenvalue weighted by Gasteiger charge is 2.28. The van der Waals surface area contributed by atoms with Gasteiger partial charge in [-0.2, -0.15) is 0 Å². The van der Waals surface area contributed by atoms with E-state index in [4.69, 9.17) is 27.9 Å². The average molecular weight is 415 g/mol. The smallest absolute Gasteiger partial charge is 0.260 e. The molecule has 0 saturated carbocycles. The molecule has 1 heterocycles. The lowest BCUT2D eigenvalue weighted by Crippen LogP contribution is -2.50. The van der Waals surface area contributed by atoms with Crippen molar-refractivity contribution in [2.24, 2.45) is 5.92 Å². The van der Waals surface area contributed by atoms with Crippen molar-refractivity contribution in [3.8, 4) is 5.75 Å². The third kappa shape index (κ3) is 6.01. The van der Waals surface area contributed by atoms with Crippen LogP contribution in [0.2, 0.25) is 10.0 Å². The van der Waals surface area contributed by atoms with Crippen molar-refractivity contribution in [2.75, 3.05) is 13.1 Å². The van der Waals surface area contributed by atoms with Crippen molar-refractivity contribution in [1.29, 1.82) is 0 Å². The lowest BCUT2D eigenvalue weighted by molar-refractivity contribution is -0.137. The van der Waals surface area contributed by atoms with Gasteiger partial charge in [0.1, 0.15) is 5.75 Å². The van der Waals surface area contributed by atoms with Crippen molar-refractivity contribution in [3.05, 3.63) is 28.2 Å².